The van der Waals surface area contributed by atoms with E-state index in [0.29, 0.717) is 12.2 Å². The third-order valence-corrected chi connectivity index (χ3v) is 5.48. The molecule has 0 bridgehead atoms. The van der Waals surface area contributed by atoms with E-state index in [1.54, 1.807) is 24.4 Å². The summed E-state index contributed by atoms with van der Waals surface area (Å²) in [6, 6.07) is 7.90. The molecule has 0 spiro atoms. The first-order valence-electron chi connectivity index (χ1n) is 10.2. The van der Waals surface area contributed by atoms with E-state index in [1.165, 1.54) is 24.1 Å². The van der Waals surface area contributed by atoms with Gasteiger partial charge in [-0.05, 0) is 43.4 Å². The van der Waals surface area contributed by atoms with E-state index in [-0.39, 0.29) is 23.4 Å². The number of rotatable bonds is 8. The molecule has 2 heterocycles. The van der Waals surface area contributed by atoms with Crippen LogP contribution in [-0.2, 0) is 9.59 Å². The molecule has 164 valence electrons. The zero-order valence-electron chi connectivity index (χ0n) is 17.8. The van der Waals surface area contributed by atoms with E-state index in [1.807, 2.05) is 13.8 Å². The lowest BCUT2D eigenvalue weighted by Gasteiger charge is -2.27. The molecule has 1 aliphatic heterocycles. The van der Waals surface area contributed by atoms with Crippen LogP contribution in [0.1, 0.15) is 31.1 Å². The highest BCUT2D eigenvalue weighted by atomic mass is 19.1. The van der Waals surface area contributed by atoms with E-state index in [4.69, 9.17) is 4.74 Å². The molecule has 1 N–H and O–H groups in total. The van der Waals surface area contributed by atoms with Crippen LogP contribution in [0.5, 0.6) is 5.75 Å². The largest absolute Gasteiger partial charge is 0.507 e. The number of likely N-dealkylation sites (N-methyl/N-ethyl adjacent to an activating group) is 1. The Labute approximate surface area is 180 Å². The summed E-state index contributed by atoms with van der Waals surface area (Å²) in [5.74, 6) is -2.46. The molecule has 1 aliphatic rings. The van der Waals surface area contributed by atoms with Crippen LogP contribution in [0.15, 0.2) is 48.2 Å². The average Bonchev–Trinajstić information content (AvgIpc) is 3.04. The van der Waals surface area contributed by atoms with Crippen molar-refractivity contribution in [3.05, 3.63) is 65.2 Å². The van der Waals surface area contributed by atoms with E-state index in [9.17, 15) is 19.1 Å². The highest BCUT2D eigenvalue weighted by Gasteiger charge is 2.46. The second-order valence-corrected chi connectivity index (χ2v) is 7.12. The lowest BCUT2D eigenvalue weighted by molar-refractivity contribution is -0.140. The molecule has 1 atom stereocenters. The Hall–Kier alpha value is -3.26. The number of benzene rings is 1. The van der Waals surface area contributed by atoms with E-state index in [0.717, 1.165) is 19.2 Å². The number of Topliss-reactive ketones (excluding diaryl/α,β-unsaturated/α-hetero) is 1. The molecule has 2 aromatic rings. The molecule has 1 fully saturated rings. The minimum absolute atomic E-state index is 0.00479. The van der Waals surface area contributed by atoms with Crippen LogP contribution in [-0.4, -0.2) is 64.9 Å². The summed E-state index contributed by atoms with van der Waals surface area (Å²) in [4.78, 5) is 33.8. The third kappa shape index (κ3) is 4.44. The van der Waals surface area contributed by atoms with Crippen molar-refractivity contribution < 1.29 is 23.8 Å². The number of carbonyl (C=O) groups excluding carboxylic acids is 2. The zero-order chi connectivity index (χ0) is 22.5. The molecular formula is C23H26FN3O4. The summed E-state index contributed by atoms with van der Waals surface area (Å²) in [6.45, 7) is 6.48. The minimum Gasteiger partial charge on any atom is -0.507 e. The van der Waals surface area contributed by atoms with Crippen molar-refractivity contribution in [3.8, 4) is 5.75 Å². The molecule has 1 amide bonds. The fourth-order valence-corrected chi connectivity index (χ4v) is 3.76. The van der Waals surface area contributed by atoms with Crippen molar-refractivity contribution >= 4 is 17.4 Å². The van der Waals surface area contributed by atoms with Gasteiger partial charge in [-0.2, -0.15) is 0 Å². The Morgan fingerprint density at radius 1 is 1.23 bits per heavy atom. The molecule has 3 rings (SSSR count). The number of hydrogen-bond donors (Lipinski definition) is 1. The molecule has 0 radical (unpaired) electrons. The number of halogens is 1. The number of nitrogens with zero attached hydrogens (tertiary/aromatic N) is 3. The van der Waals surface area contributed by atoms with E-state index in [2.05, 4.69) is 9.88 Å². The Morgan fingerprint density at radius 3 is 2.58 bits per heavy atom. The first-order valence-corrected chi connectivity index (χ1v) is 10.2. The van der Waals surface area contributed by atoms with E-state index >= 15 is 0 Å². The van der Waals surface area contributed by atoms with Crippen molar-refractivity contribution in [2.24, 2.45) is 0 Å². The molecule has 1 aromatic heterocycles. The number of carbonyl (C=O) groups is 2. The number of amides is 1. The van der Waals surface area contributed by atoms with Crippen molar-refractivity contribution in [2.75, 3.05) is 33.3 Å². The van der Waals surface area contributed by atoms with Gasteiger partial charge in [0.2, 0.25) is 0 Å². The summed E-state index contributed by atoms with van der Waals surface area (Å²) >= 11 is 0. The summed E-state index contributed by atoms with van der Waals surface area (Å²) < 4.78 is 19.1. The number of ether oxygens (including phenoxy) is 1. The number of aliphatic hydroxyl groups is 1. The predicted molar refractivity (Wildman–Crippen MR) is 114 cm³/mol. The number of hydrogen-bond acceptors (Lipinski definition) is 6. The summed E-state index contributed by atoms with van der Waals surface area (Å²) in [5, 5.41) is 11.1. The maximum Gasteiger partial charge on any atom is 0.295 e. The van der Waals surface area contributed by atoms with Crippen LogP contribution in [0.2, 0.25) is 0 Å². The lowest BCUT2D eigenvalue weighted by atomic mass is 9.97. The average molecular weight is 427 g/mol. The molecule has 1 saturated heterocycles. The normalized spacial score (nSPS) is 18.1. The Balaban J connectivity index is 2.14. The number of aliphatic hydroxyl groups excluding tert-OH is 1. The molecule has 0 saturated carbocycles. The quantitative estimate of drug-likeness (QED) is 0.396. The SMILES string of the molecule is CCN(CC)CCN1C(=O)C(=O)/C(=C(/O)c2cc(F)ccc2OC)C1c1ccccn1. The smallest absolute Gasteiger partial charge is 0.295 e. The van der Waals surface area contributed by atoms with Crippen molar-refractivity contribution in [1.29, 1.82) is 0 Å². The summed E-state index contributed by atoms with van der Waals surface area (Å²) in [7, 11) is 1.38. The standard InChI is InChI=1S/C23H26FN3O4/c1-4-26(5-2)12-13-27-20(17-8-6-7-11-25-17)19(22(29)23(27)30)21(28)16-14-15(24)9-10-18(16)31-3/h6-11,14,20,28H,4-5,12-13H2,1-3H3/b21-19+. The van der Waals surface area contributed by atoms with Gasteiger partial charge in [-0.15, -0.1) is 0 Å². The van der Waals surface area contributed by atoms with Gasteiger partial charge in [-0.1, -0.05) is 19.9 Å². The monoisotopic (exact) mass is 427 g/mol. The first-order chi connectivity index (χ1) is 14.9. The number of methoxy groups -OCH3 is 1. The molecule has 31 heavy (non-hydrogen) atoms. The maximum atomic E-state index is 13.9. The topological polar surface area (TPSA) is 83.0 Å². The number of likely N-dealkylation sites (tertiary alicyclic amines) is 1. The summed E-state index contributed by atoms with van der Waals surface area (Å²) in [6.07, 6.45) is 1.56. The van der Waals surface area contributed by atoms with Gasteiger partial charge in [0.25, 0.3) is 11.7 Å². The Bertz CT molecular complexity index is 990. The highest BCUT2D eigenvalue weighted by molar-refractivity contribution is 6.46. The third-order valence-electron chi connectivity index (χ3n) is 5.48. The van der Waals surface area contributed by atoms with Gasteiger partial charge in [0, 0.05) is 19.3 Å². The number of pyridine rings is 1. The first kappa shape index (κ1) is 22.4. The summed E-state index contributed by atoms with van der Waals surface area (Å²) in [5.41, 5.74) is 0.315. The van der Waals surface area contributed by atoms with Gasteiger partial charge in [0.05, 0.1) is 23.9 Å². The molecular weight excluding hydrogens is 401 g/mol. The molecule has 7 nitrogen and oxygen atoms in total. The molecule has 0 aliphatic carbocycles. The van der Waals surface area contributed by atoms with Crippen LogP contribution in [0.4, 0.5) is 4.39 Å². The molecule has 1 aromatic carbocycles. The van der Waals surface area contributed by atoms with E-state index < -0.39 is 29.3 Å². The van der Waals surface area contributed by atoms with Crippen LogP contribution in [0, 0.1) is 5.82 Å². The zero-order valence-corrected chi connectivity index (χ0v) is 17.8. The second kappa shape index (κ2) is 9.70. The predicted octanol–water partition coefficient (Wildman–Crippen LogP) is 2.99. The van der Waals surface area contributed by atoms with Gasteiger partial charge in [0.15, 0.2) is 0 Å². The second-order valence-electron chi connectivity index (χ2n) is 7.12. The fourth-order valence-electron chi connectivity index (χ4n) is 3.76. The van der Waals surface area contributed by atoms with Crippen molar-refractivity contribution in [1.82, 2.24) is 14.8 Å². The fraction of sp³-hybridized carbons (Fsp3) is 0.348. The lowest BCUT2D eigenvalue weighted by Crippen LogP contribution is -2.38. The number of aromatic nitrogens is 1. The number of ketones is 1. The van der Waals surface area contributed by atoms with Gasteiger partial charge in [-0.25, -0.2) is 4.39 Å². The molecule has 8 heteroatoms. The van der Waals surface area contributed by atoms with Crippen LogP contribution >= 0.6 is 0 Å². The van der Waals surface area contributed by atoms with Crippen LogP contribution < -0.4 is 4.74 Å². The van der Waals surface area contributed by atoms with Gasteiger partial charge >= 0.3 is 0 Å². The van der Waals surface area contributed by atoms with Gasteiger partial charge in [-0.3, -0.25) is 14.6 Å². The Kier molecular flexibility index (Phi) is 7.02. The highest BCUT2D eigenvalue weighted by Crippen LogP contribution is 2.40. The van der Waals surface area contributed by atoms with Crippen LogP contribution in [0.3, 0.4) is 0 Å². The Morgan fingerprint density at radius 2 is 1.97 bits per heavy atom. The van der Waals surface area contributed by atoms with Gasteiger partial charge < -0.3 is 19.6 Å². The minimum atomic E-state index is -0.885. The maximum absolute atomic E-state index is 13.9. The van der Waals surface area contributed by atoms with Crippen molar-refractivity contribution in [3.63, 3.8) is 0 Å². The van der Waals surface area contributed by atoms with Crippen LogP contribution in [0.25, 0.3) is 5.76 Å². The van der Waals surface area contributed by atoms with Gasteiger partial charge in [0.1, 0.15) is 23.4 Å². The molecule has 1 unspecified atom stereocenters. The van der Waals surface area contributed by atoms with Crippen molar-refractivity contribution in [2.45, 2.75) is 19.9 Å².